The Morgan fingerprint density at radius 1 is 1.44 bits per heavy atom. The van der Waals surface area contributed by atoms with E-state index in [2.05, 4.69) is 13.2 Å². The van der Waals surface area contributed by atoms with Gasteiger partial charge in [0.05, 0.1) is 0 Å². The van der Waals surface area contributed by atoms with Crippen LogP contribution in [-0.4, -0.2) is 21.8 Å². The van der Waals surface area contributed by atoms with Crippen LogP contribution >= 0.6 is 0 Å². The van der Waals surface area contributed by atoms with Crippen LogP contribution in [0, 0.1) is 0 Å². The van der Waals surface area contributed by atoms with E-state index in [9.17, 15) is 4.79 Å². The number of ketones is 1. The standard InChI is InChI=1S/C6H8O3/c1-3-5(7)6(8,9)4-2/h3-4,8-9H,1-2H2. The first-order chi connectivity index (χ1) is 4.04. The predicted molar refractivity (Wildman–Crippen MR) is 32.6 cm³/mol. The fraction of sp³-hybridized carbons (Fsp3) is 0.167. The average molecular weight is 128 g/mol. The van der Waals surface area contributed by atoms with Crippen molar-refractivity contribution in [2.45, 2.75) is 5.79 Å². The molecule has 0 aromatic carbocycles. The fourth-order valence-corrected chi connectivity index (χ4v) is 0.251. The second-order valence-electron chi connectivity index (χ2n) is 1.50. The zero-order valence-electron chi connectivity index (χ0n) is 4.87. The van der Waals surface area contributed by atoms with E-state index in [1.54, 1.807) is 0 Å². The van der Waals surface area contributed by atoms with Gasteiger partial charge in [-0.3, -0.25) is 4.79 Å². The summed E-state index contributed by atoms with van der Waals surface area (Å²) in [5, 5.41) is 17.2. The Kier molecular flexibility index (Phi) is 2.30. The molecule has 0 heterocycles. The molecule has 0 saturated heterocycles. The Morgan fingerprint density at radius 2 is 1.89 bits per heavy atom. The molecule has 9 heavy (non-hydrogen) atoms. The van der Waals surface area contributed by atoms with E-state index in [1.807, 2.05) is 0 Å². The Hall–Kier alpha value is -0.930. The Bertz CT molecular complexity index is 146. The SMILES string of the molecule is C=CC(=O)C(O)(O)C=C. The maximum atomic E-state index is 10.4. The summed E-state index contributed by atoms with van der Waals surface area (Å²) in [6.07, 6.45) is 1.55. The molecule has 3 nitrogen and oxygen atoms in total. The van der Waals surface area contributed by atoms with Gasteiger partial charge in [-0.05, 0) is 12.2 Å². The lowest BCUT2D eigenvalue weighted by Crippen LogP contribution is -2.34. The van der Waals surface area contributed by atoms with Crippen molar-refractivity contribution in [2.75, 3.05) is 0 Å². The van der Waals surface area contributed by atoms with E-state index < -0.39 is 11.6 Å². The van der Waals surface area contributed by atoms with Crippen LogP contribution in [0.3, 0.4) is 0 Å². The highest BCUT2D eigenvalue weighted by atomic mass is 16.5. The van der Waals surface area contributed by atoms with E-state index in [0.717, 1.165) is 12.2 Å². The molecule has 0 aliphatic rings. The van der Waals surface area contributed by atoms with Crippen molar-refractivity contribution in [3.8, 4) is 0 Å². The van der Waals surface area contributed by atoms with Crippen LogP contribution < -0.4 is 0 Å². The summed E-state index contributed by atoms with van der Waals surface area (Å²) in [7, 11) is 0. The summed E-state index contributed by atoms with van der Waals surface area (Å²) in [5.74, 6) is -3.32. The van der Waals surface area contributed by atoms with Crippen molar-refractivity contribution < 1.29 is 15.0 Å². The van der Waals surface area contributed by atoms with Crippen molar-refractivity contribution in [2.24, 2.45) is 0 Å². The van der Waals surface area contributed by atoms with E-state index in [4.69, 9.17) is 10.2 Å². The number of hydrogen-bond acceptors (Lipinski definition) is 3. The molecule has 2 N–H and O–H groups in total. The number of carbonyl (C=O) groups excluding carboxylic acids is 1. The number of hydrogen-bond donors (Lipinski definition) is 2. The van der Waals surface area contributed by atoms with Crippen molar-refractivity contribution in [1.29, 1.82) is 0 Å². The minimum atomic E-state index is -2.44. The van der Waals surface area contributed by atoms with Gasteiger partial charge in [0.2, 0.25) is 11.6 Å². The highest BCUT2D eigenvalue weighted by Crippen LogP contribution is 2.01. The second kappa shape index (κ2) is 2.57. The van der Waals surface area contributed by atoms with Gasteiger partial charge in [-0.2, -0.15) is 0 Å². The van der Waals surface area contributed by atoms with Gasteiger partial charge in [-0.1, -0.05) is 13.2 Å². The molecule has 0 aliphatic carbocycles. The highest BCUT2D eigenvalue weighted by molar-refractivity contribution is 5.96. The molecule has 3 heteroatoms. The first-order valence-corrected chi connectivity index (χ1v) is 2.30. The van der Waals surface area contributed by atoms with Gasteiger partial charge in [0.25, 0.3) is 0 Å². The van der Waals surface area contributed by atoms with Crippen molar-refractivity contribution in [1.82, 2.24) is 0 Å². The van der Waals surface area contributed by atoms with E-state index >= 15 is 0 Å². The molecule has 0 spiro atoms. The Balaban J connectivity index is 4.31. The summed E-state index contributed by atoms with van der Waals surface area (Å²) in [6.45, 7) is 6.09. The maximum Gasteiger partial charge on any atom is 0.248 e. The maximum absolute atomic E-state index is 10.4. The molecule has 0 bridgehead atoms. The molecule has 0 rings (SSSR count). The van der Waals surface area contributed by atoms with Gasteiger partial charge in [0, 0.05) is 0 Å². The molecule has 0 aliphatic heterocycles. The third kappa shape index (κ3) is 1.79. The molecule has 0 aromatic rings. The van der Waals surface area contributed by atoms with Crippen molar-refractivity contribution >= 4 is 5.78 Å². The lowest BCUT2D eigenvalue weighted by atomic mass is 10.2. The summed E-state index contributed by atoms with van der Waals surface area (Å²) in [6, 6.07) is 0. The zero-order valence-corrected chi connectivity index (χ0v) is 4.87. The largest absolute Gasteiger partial charge is 0.356 e. The summed E-state index contributed by atoms with van der Waals surface area (Å²) < 4.78 is 0. The quantitative estimate of drug-likeness (QED) is 0.309. The van der Waals surface area contributed by atoms with Gasteiger partial charge < -0.3 is 10.2 Å². The third-order valence-corrected chi connectivity index (χ3v) is 0.833. The molecule has 0 fully saturated rings. The minimum Gasteiger partial charge on any atom is -0.356 e. The molecule has 0 amide bonds. The topological polar surface area (TPSA) is 57.5 Å². The lowest BCUT2D eigenvalue weighted by molar-refractivity contribution is -0.159. The number of rotatable bonds is 3. The van der Waals surface area contributed by atoms with Crippen LogP contribution in [0.1, 0.15) is 0 Å². The van der Waals surface area contributed by atoms with Gasteiger partial charge >= 0.3 is 0 Å². The minimum absolute atomic E-state index is 0.733. The molecule has 0 atom stereocenters. The molecule has 0 aromatic heterocycles. The van der Waals surface area contributed by atoms with Crippen molar-refractivity contribution in [3.63, 3.8) is 0 Å². The van der Waals surface area contributed by atoms with Crippen LogP contribution in [0.25, 0.3) is 0 Å². The highest BCUT2D eigenvalue weighted by Gasteiger charge is 2.25. The normalized spacial score (nSPS) is 10.4. The van der Waals surface area contributed by atoms with Gasteiger partial charge in [-0.25, -0.2) is 0 Å². The fourth-order valence-electron chi connectivity index (χ4n) is 0.251. The Labute approximate surface area is 52.9 Å². The number of carbonyl (C=O) groups is 1. The third-order valence-electron chi connectivity index (χ3n) is 0.833. The predicted octanol–water partition coefficient (Wildman–Crippen LogP) is -0.392. The zero-order chi connectivity index (χ0) is 7.49. The van der Waals surface area contributed by atoms with Gasteiger partial charge in [-0.15, -0.1) is 0 Å². The van der Waals surface area contributed by atoms with Crippen LogP contribution in [0.2, 0.25) is 0 Å². The lowest BCUT2D eigenvalue weighted by Gasteiger charge is -2.10. The van der Waals surface area contributed by atoms with Crippen molar-refractivity contribution in [3.05, 3.63) is 25.3 Å². The molecule has 0 radical (unpaired) electrons. The molecular weight excluding hydrogens is 120 g/mol. The first-order valence-electron chi connectivity index (χ1n) is 2.30. The average Bonchev–Trinajstić information content (AvgIpc) is 1.86. The summed E-state index contributed by atoms with van der Waals surface area (Å²) >= 11 is 0. The van der Waals surface area contributed by atoms with E-state index in [1.165, 1.54) is 0 Å². The molecule has 0 saturated carbocycles. The Morgan fingerprint density at radius 3 is 2.00 bits per heavy atom. The molecular formula is C6H8O3. The molecule has 50 valence electrons. The smallest absolute Gasteiger partial charge is 0.248 e. The van der Waals surface area contributed by atoms with Crippen LogP contribution in [0.5, 0.6) is 0 Å². The number of aliphatic hydroxyl groups is 2. The van der Waals surface area contributed by atoms with Gasteiger partial charge in [0.1, 0.15) is 0 Å². The second-order valence-corrected chi connectivity index (χ2v) is 1.50. The summed E-state index contributed by atoms with van der Waals surface area (Å²) in [5.41, 5.74) is 0. The first kappa shape index (κ1) is 8.07. The van der Waals surface area contributed by atoms with E-state index in [-0.39, 0.29) is 0 Å². The summed E-state index contributed by atoms with van der Waals surface area (Å²) in [4.78, 5) is 10.4. The molecule has 0 unspecified atom stereocenters. The van der Waals surface area contributed by atoms with Crippen LogP contribution in [0.15, 0.2) is 25.3 Å². The monoisotopic (exact) mass is 128 g/mol. The van der Waals surface area contributed by atoms with E-state index in [0.29, 0.717) is 0 Å². The van der Waals surface area contributed by atoms with Gasteiger partial charge in [0.15, 0.2) is 0 Å². The van der Waals surface area contributed by atoms with Crippen LogP contribution in [-0.2, 0) is 4.79 Å². The van der Waals surface area contributed by atoms with Crippen LogP contribution in [0.4, 0.5) is 0 Å².